The normalized spacial score (nSPS) is 29.9. The van der Waals surface area contributed by atoms with Crippen molar-refractivity contribution in [2.24, 2.45) is 11.8 Å². The van der Waals surface area contributed by atoms with Gasteiger partial charge in [0, 0.05) is 25.9 Å². The molecule has 0 radical (unpaired) electrons. The summed E-state index contributed by atoms with van der Waals surface area (Å²) >= 11 is 0. The molecule has 3 aliphatic rings. The molecule has 5 atom stereocenters. The van der Waals surface area contributed by atoms with E-state index in [1.807, 2.05) is 32.0 Å². The van der Waals surface area contributed by atoms with Gasteiger partial charge in [-0.15, -0.1) is 0 Å². The minimum Gasteiger partial charge on any atom is -0.396 e. The molecule has 4 rings (SSSR count). The van der Waals surface area contributed by atoms with Crippen LogP contribution in [-0.4, -0.2) is 65.7 Å². The molecule has 3 heterocycles. The van der Waals surface area contributed by atoms with Crippen LogP contribution in [0.5, 0.6) is 0 Å². The molecule has 3 saturated heterocycles. The van der Waals surface area contributed by atoms with Gasteiger partial charge in [-0.05, 0) is 56.7 Å². The number of nitrogens with one attached hydrogen (secondary N) is 2. The number of anilines is 1. The molecule has 0 aliphatic carbocycles. The second-order valence-corrected chi connectivity index (χ2v) is 9.65. The summed E-state index contributed by atoms with van der Waals surface area (Å²) in [7, 11) is 1.57. The Kier molecular flexibility index (Phi) is 6.77. The molecule has 0 saturated carbocycles. The highest BCUT2D eigenvalue weighted by molar-refractivity contribution is 6.03. The van der Waals surface area contributed by atoms with Gasteiger partial charge in [0.25, 0.3) is 0 Å². The Bertz CT molecular complexity index is 935. The number of aryl methyl sites for hydroxylation is 2. The van der Waals surface area contributed by atoms with Crippen molar-refractivity contribution in [1.29, 1.82) is 0 Å². The molecule has 2 unspecified atom stereocenters. The number of aliphatic hydroxyl groups excluding tert-OH is 1. The Morgan fingerprint density at radius 1 is 1.18 bits per heavy atom. The number of fused-ring (bicyclic) bond motifs is 1. The number of carbonyl (C=O) groups excluding carboxylic acids is 3. The van der Waals surface area contributed by atoms with E-state index in [4.69, 9.17) is 9.84 Å². The second kappa shape index (κ2) is 9.43. The van der Waals surface area contributed by atoms with Gasteiger partial charge >= 0.3 is 0 Å². The van der Waals surface area contributed by atoms with Crippen LogP contribution in [0.15, 0.2) is 18.2 Å². The molecule has 1 spiro atoms. The Labute approximate surface area is 195 Å². The zero-order valence-corrected chi connectivity index (χ0v) is 19.7. The smallest absolute Gasteiger partial charge is 0.250 e. The van der Waals surface area contributed by atoms with Crippen molar-refractivity contribution >= 4 is 23.4 Å². The summed E-state index contributed by atoms with van der Waals surface area (Å²) in [5.74, 6) is -1.81. The van der Waals surface area contributed by atoms with Gasteiger partial charge in [-0.1, -0.05) is 25.0 Å². The maximum absolute atomic E-state index is 13.7. The van der Waals surface area contributed by atoms with E-state index >= 15 is 0 Å². The molecule has 3 fully saturated rings. The number of benzene rings is 1. The van der Waals surface area contributed by atoms with Crippen LogP contribution in [0, 0.1) is 25.7 Å². The van der Waals surface area contributed by atoms with Gasteiger partial charge in [-0.3, -0.25) is 14.4 Å². The van der Waals surface area contributed by atoms with Gasteiger partial charge in [-0.25, -0.2) is 0 Å². The monoisotopic (exact) mass is 457 g/mol. The molecule has 8 nitrogen and oxygen atoms in total. The largest absolute Gasteiger partial charge is 0.396 e. The number of hydrogen-bond donors (Lipinski definition) is 3. The standard InChI is InChI=1S/C25H35N3O5/c1-15-8-9-16(2)17(14-15)27-23(31)21-25-11-10-18(33-25)19(22(30)26-3)20(25)24(32)28(21)12-6-4-5-7-13-29/h8-9,14,18-21,29H,4-7,10-13H2,1-3H3,(H,26,30)(H,27,31)/t18-,19+,20-,21?,25?/m0/s1. The Morgan fingerprint density at radius 2 is 1.94 bits per heavy atom. The zero-order valence-electron chi connectivity index (χ0n) is 19.7. The number of ether oxygens (including phenoxy) is 1. The number of aliphatic hydroxyl groups is 1. The molecule has 3 N–H and O–H groups in total. The van der Waals surface area contributed by atoms with Crippen molar-refractivity contribution in [2.75, 3.05) is 25.5 Å². The van der Waals surface area contributed by atoms with Crippen molar-refractivity contribution in [1.82, 2.24) is 10.2 Å². The summed E-state index contributed by atoms with van der Waals surface area (Å²) in [6, 6.07) is 5.11. The average Bonchev–Trinajstić information content (AvgIpc) is 3.43. The van der Waals surface area contributed by atoms with Crippen molar-refractivity contribution in [3.8, 4) is 0 Å². The SMILES string of the molecule is CNC(=O)[C@@H]1[C@@H]2CCC3(O2)C(C(=O)Nc2cc(C)ccc2C)N(CCCCCCO)C(=O)[C@H]13. The third-order valence-corrected chi connectivity index (χ3v) is 7.56. The molecule has 1 aromatic rings. The van der Waals surface area contributed by atoms with E-state index in [0.29, 0.717) is 19.4 Å². The van der Waals surface area contributed by atoms with Crippen LogP contribution in [0.3, 0.4) is 0 Å². The van der Waals surface area contributed by atoms with Gasteiger partial charge < -0.3 is 25.4 Å². The molecule has 1 aromatic carbocycles. The van der Waals surface area contributed by atoms with Crippen LogP contribution >= 0.6 is 0 Å². The van der Waals surface area contributed by atoms with Gasteiger partial charge in [0.2, 0.25) is 17.7 Å². The number of hydrogen-bond acceptors (Lipinski definition) is 5. The van der Waals surface area contributed by atoms with E-state index in [2.05, 4.69) is 10.6 Å². The molecule has 180 valence electrons. The fourth-order valence-electron chi connectivity index (χ4n) is 5.98. The zero-order chi connectivity index (χ0) is 23.8. The predicted octanol–water partition coefficient (Wildman–Crippen LogP) is 1.92. The van der Waals surface area contributed by atoms with Crippen LogP contribution < -0.4 is 10.6 Å². The van der Waals surface area contributed by atoms with Crippen LogP contribution in [0.2, 0.25) is 0 Å². The summed E-state index contributed by atoms with van der Waals surface area (Å²) in [4.78, 5) is 41.7. The third kappa shape index (κ3) is 4.04. The Morgan fingerprint density at radius 3 is 2.67 bits per heavy atom. The minimum atomic E-state index is -0.966. The first-order chi connectivity index (χ1) is 15.8. The maximum Gasteiger partial charge on any atom is 0.250 e. The first-order valence-corrected chi connectivity index (χ1v) is 12.0. The van der Waals surface area contributed by atoms with Crippen LogP contribution in [-0.2, 0) is 19.1 Å². The average molecular weight is 458 g/mol. The first-order valence-electron chi connectivity index (χ1n) is 12.0. The summed E-state index contributed by atoms with van der Waals surface area (Å²) < 4.78 is 6.37. The van der Waals surface area contributed by atoms with Gasteiger partial charge in [0.1, 0.15) is 11.6 Å². The fourth-order valence-corrected chi connectivity index (χ4v) is 5.98. The second-order valence-electron chi connectivity index (χ2n) is 9.65. The summed E-state index contributed by atoms with van der Waals surface area (Å²) in [5, 5.41) is 14.8. The lowest BCUT2D eigenvalue weighted by molar-refractivity contribution is -0.140. The lowest BCUT2D eigenvalue weighted by Gasteiger charge is -2.33. The Hall–Kier alpha value is -2.45. The minimum absolute atomic E-state index is 0.151. The number of nitrogens with zero attached hydrogens (tertiary/aromatic N) is 1. The Balaban J connectivity index is 1.63. The summed E-state index contributed by atoms with van der Waals surface area (Å²) in [6.45, 7) is 4.49. The van der Waals surface area contributed by atoms with Gasteiger partial charge in [0.15, 0.2) is 0 Å². The lowest BCUT2D eigenvalue weighted by Crippen LogP contribution is -2.53. The highest BCUT2D eigenvalue weighted by atomic mass is 16.5. The molecule has 3 aliphatic heterocycles. The van der Waals surface area contributed by atoms with Crippen molar-refractivity contribution in [2.45, 2.75) is 70.1 Å². The van der Waals surface area contributed by atoms with E-state index < -0.39 is 23.5 Å². The number of unbranched alkanes of at least 4 members (excludes halogenated alkanes) is 3. The predicted molar refractivity (Wildman–Crippen MR) is 123 cm³/mol. The lowest BCUT2D eigenvalue weighted by atomic mass is 9.70. The third-order valence-electron chi connectivity index (χ3n) is 7.56. The molecule has 2 bridgehead atoms. The van der Waals surface area contributed by atoms with E-state index in [-0.39, 0.29) is 30.4 Å². The van der Waals surface area contributed by atoms with Gasteiger partial charge in [0.05, 0.1) is 17.9 Å². The first kappa shape index (κ1) is 23.7. The van der Waals surface area contributed by atoms with Crippen LogP contribution in [0.1, 0.15) is 49.7 Å². The van der Waals surface area contributed by atoms with Gasteiger partial charge in [-0.2, -0.15) is 0 Å². The molecule has 0 aromatic heterocycles. The van der Waals surface area contributed by atoms with E-state index in [1.54, 1.807) is 11.9 Å². The van der Waals surface area contributed by atoms with E-state index in [9.17, 15) is 14.4 Å². The number of carbonyl (C=O) groups is 3. The number of amides is 3. The highest BCUT2D eigenvalue weighted by Gasteiger charge is 2.74. The van der Waals surface area contributed by atoms with Crippen molar-refractivity contribution < 1.29 is 24.2 Å². The number of likely N-dealkylation sites (tertiary alicyclic amines) is 1. The summed E-state index contributed by atoms with van der Waals surface area (Å²) in [6.07, 6.45) is 4.10. The molecule has 8 heteroatoms. The van der Waals surface area contributed by atoms with Crippen molar-refractivity contribution in [3.63, 3.8) is 0 Å². The number of rotatable bonds is 9. The quantitative estimate of drug-likeness (QED) is 0.491. The van der Waals surface area contributed by atoms with E-state index in [0.717, 1.165) is 42.5 Å². The molecular weight excluding hydrogens is 422 g/mol. The fraction of sp³-hybridized carbons (Fsp3) is 0.640. The molecular formula is C25H35N3O5. The summed E-state index contributed by atoms with van der Waals surface area (Å²) in [5.41, 5.74) is 1.74. The van der Waals surface area contributed by atoms with E-state index in [1.165, 1.54) is 0 Å². The van der Waals surface area contributed by atoms with Crippen LogP contribution in [0.25, 0.3) is 0 Å². The molecule has 33 heavy (non-hydrogen) atoms. The molecule has 3 amide bonds. The topological polar surface area (TPSA) is 108 Å². The highest BCUT2D eigenvalue weighted by Crippen LogP contribution is 2.58. The van der Waals surface area contributed by atoms with Crippen molar-refractivity contribution in [3.05, 3.63) is 29.3 Å². The maximum atomic E-state index is 13.7. The van der Waals surface area contributed by atoms with Crippen LogP contribution in [0.4, 0.5) is 5.69 Å².